The Morgan fingerprint density at radius 2 is 1.88 bits per heavy atom. The Morgan fingerprint density at radius 3 is 2.53 bits per heavy atom. The van der Waals surface area contributed by atoms with Crippen LogP contribution in [0, 0.1) is 11.3 Å². The van der Waals surface area contributed by atoms with Crippen molar-refractivity contribution >= 4 is 31.9 Å². The van der Waals surface area contributed by atoms with Crippen molar-refractivity contribution in [2.75, 3.05) is 0 Å². The van der Waals surface area contributed by atoms with E-state index in [4.69, 9.17) is 10.00 Å². The molecule has 2 aromatic rings. The molecule has 4 heteroatoms. The van der Waals surface area contributed by atoms with E-state index in [2.05, 4.69) is 37.9 Å². The highest BCUT2D eigenvalue weighted by Gasteiger charge is 2.04. The molecule has 0 fully saturated rings. The van der Waals surface area contributed by atoms with Crippen molar-refractivity contribution in [3.63, 3.8) is 0 Å². The second kappa shape index (κ2) is 5.35. The van der Waals surface area contributed by atoms with Gasteiger partial charge in [0.1, 0.15) is 11.5 Å². The number of benzene rings is 2. The van der Waals surface area contributed by atoms with Crippen LogP contribution in [0.2, 0.25) is 0 Å². The van der Waals surface area contributed by atoms with E-state index in [1.807, 2.05) is 24.3 Å². The number of hydrogen-bond donors (Lipinski definition) is 0. The Balaban J connectivity index is 2.28. The lowest BCUT2D eigenvalue weighted by Crippen LogP contribution is -1.86. The summed E-state index contributed by atoms with van der Waals surface area (Å²) in [7, 11) is 0. The lowest BCUT2D eigenvalue weighted by Gasteiger charge is -2.08. The molecule has 0 spiro atoms. The molecule has 0 saturated carbocycles. The second-order valence-corrected chi connectivity index (χ2v) is 5.09. The van der Waals surface area contributed by atoms with Gasteiger partial charge in [0.15, 0.2) is 0 Å². The highest BCUT2D eigenvalue weighted by molar-refractivity contribution is 9.10. The van der Waals surface area contributed by atoms with E-state index in [0.717, 1.165) is 14.7 Å². The molecule has 0 radical (unpaired) electrons. The first kappa shape index (κ1) is 12.2. The largest absolute Gasteiger partial charge is 0.456 e. The number of nitrogens with zero attached hydrogens (tertiary/aromatic N) is 1. The van der Waals surface area contributed by atoms with Crippen LogP contribution >= 0.6 is 31.9 Å². The Morgan fingerprint density at radius 1 is 1.06 bits per heavy atom. The number of halogens is 2. The predicted octanol–water partition coefficient (Wildman–Crippen LogP) is 4.88. The first-order valence-corrected chi connectivity index (χ1v) is 6.41. The maximum Gasteiger partial charge on any atom is 0.141 e. The van der Waals surface area contributed by atoms with E-state index in [9.17, 15) is 0 Å². The van der Waals surface area contributed by atoms with E-state index in [1.54, 1.807) is 18.2 Å². The summed E-state index contributed by atoms with van der Waals surface area (Å²) in [6, 6.07) is 14.9. The zero-order valence-electron chi connectivity index (χ0n) is 8.65. The van der Waals surface area contributed by atoms with Gasteiger partial charge in [-0.25, -0.2) is 0 Å². The van der Waals surface area contributed by atoms with Crippen molar-refractivity contribution in [2.45, 2.75) is 0 Å². The molecule has 0 aliphatic carbocycles. The Labute approximate surface area is 116 Å². The molecule has 84 valence electrons. The zero-order valence-corrected chi connectivity index (χ0v) is 11.8. The van der Waals surface area contributed by atoms with E-state index in [1.165, 1.54) is 0 Å². The van der Waals surface area contributed by atoms with Gasteiger partial charge < -0.3 is 4.74 Å². The predicted molar refractivity (Wildman–Crippen MR) is 73.1 cm³/mol. The van der Waals surface area contributed by atoms with Crippen molar-refractivity contribution in [3.8, 4) is 17.6 Å². The molecule has 2 nitrogen and oxygen atoms in total. The fourth-order valence-corrected chi connectivity index (χ4v) is 2.15. The fourth-order valence-electron chi connectivity index (χ4n) is 1.31. The summed E-state index contributed by atoms with van der Waals surface area (Å²) in [6.07, 6.45) is 0. The quantitative estimate of drug-likeness (QED) is 0.771. The lowest BCUT2D eigenvalue weighted by atomic mass is 10.2. The molecule has 0 N–H and O–H groups in total. The van der Waals surface area contributed by atoms with Gasteiger partial charge in [-0.2, -0.15) is 5.26 Å². The van der Waals surface area contributed by atoms with Crippen molar-refractivity contribution in [1.29, 1.82) is 5.26 Å². The molecule has 17 heavy (non-hydrogen) atoms. The molecule has 0 atom stereocenters. The molecule has 0 bridgehead atoms. The van der Waals surface area contributed by atoms with E-state index in [-0.39, 0.29) is 0 Å². The molecular weight excluding hydrogens is 346 g/mol. The maximum atomic E-state index is 8.76. The molecule has 0 aromatic heterocycles. The number of ether oxygens (including phenoxy) is 1. The van der Waals surface area contributed by atoms with E-state index < -0.39 is 0 Å². The summed E-state index contributed by atoms with van der Waals surface area (Å²) < 4.78 is 7.42. The minimum absolute atomic E-state index is 0.596. The van der Waals surface area contributed by atoms with Crippen LogP contribution in [0.25, 0.3) is 0 Å². The van der Waals surface area contributed by atoms with E-state index in [0.29, 0.717) is 11.3 Å². The van der Waals surface area contributed by atoms with Crippen LogP contribution in [-0.4, -0.2) is 0 Å². The normalized spacial score (nSPS) is 9.71. The average Bonchev–Trinajstić information content (AvgIpc) is 2.32. The molecule has 0 heterocycles. The third-order valence-corrected chi connectivity index (χ3v) is 3.20. The molecule has 2 aromatic carbocycles. The van der Waals surface area contributed by atoms with E-state index >= 15 is 0 Å². The second-order valence-electron chi connectivity index (χ2n) is 3.32. The van der Waals surface area contributed by atoms with Gasteiger partial charge in [-0.05, 0) is 52.3 Å². The van der Waals surface area contributed by atoms with Crippen LogP contribution in [0.5, 0.6) is 11.5 Å². The van der Waals surface area contributed by atoms with Crippen molar-refractivity contribution < 1.29 is 4.74 Å². The van der Waals surface area contributed by atoms with Crippen LogP contribution < -0.4 is 4.74 Å². The summed E-state index contributed by atoms with van der Waals surface area (Å²) in [4.78, 5) is 0. The number of nitriles is 1. The molecule has 0 unspecified atom stereocenters. The van der Waals surface area contributed by atoms with Crippen LogP contribution in [0.3, 0.4) is 0 Å². The number of rotatable bonds is 2. The average molecular weight is 353 g/mol. The Bertz CT molecular complexity index is 590. The molecule has 0 aliphatic rings. The van der Waals surface area contributed by atoms with Crippen LogP contribution in [0.4, 0.5) is 0 Å². The highest BCUT2D eigenvalue weighted by Crippen LogP contribution is 2.31. The first-order valence-electron chi connectivity index (χ1n) is 4.82. The van der Waals surface area contributed by atoms with Gasteiger partial charge >= 0.3 is 0 Å². The highest BCUT2D eigenvalue weighted by atomic mass is 79.9. The monoisotopic (exact) mass is 351 g/mol. The van der Waals surface area contributed by atoms with Gasteiger partial charge in [-0.15, -0.1) is 0 Å². The third kappa shape index (κ3) is 3.09. The summed E-state index contributed by atoms with van der Waals surface area (Å²) in [5, 5.41) is 8.76. The fraction of sp³-hybridized carbons (Fsp3) is 0. The molecule has 0 amide bonds. The minimum Gasteiger partial charge on any atom is -0.456 e. The Kier molecular flexibility index (Phi) is 3.82. The topological polar surface area (TPSA) is 33.0 Å². The summed E-state index contributed by atoms with van der Waals surface area (Å²) in [6.45, 7) is 0. The summed E-state index contributed by atoms with van der Waals surface area (Å²) in [5.74, 6) is 1.42. The molecule has 2 rings (SSSR count). The van der Waals surface area contributed by atoms with Gasteiger partial charge in [-0.1, -0.05) is 22.0 Å². The van der Waals surface area contributed by atoms with Crippen molar-refractivity contribution in [3.05, 3.63) is 57.0 Å². The zero-order chi connectivity index (χ0) is 12.3. The SMILES string of the molecule is N#Cc1ccc(Oc2cccc(Br)c2)c(Br)c1. The standard InChI is InChI=1S/C13H7Br2NO/c14-10-2-1-3-11(7-10)17-13-5-4-9(8-16)6-12(13)15/h1-7H. The minimum atomic E-state index is 0.596. The summed E-state index contributed by atoms with van der Waals surface area (Å²) >= 11 is 6.76. The smallest absolute Gasteiger partial charge is 0.141 e. The number of hydrogen-bond acceptors (Lipinski definition) is 2. The van der Waals surface area contributed by atoms with Gasteiger partial charge in [0.25, 0.3) is 0 Å². The van der Waals surface area contributed by atoms with Gasteiger partial charge in [0, 0.05) is 4.47 Å². The Hall–Kier alpha value is -1.31. The van der Waals surface area contributed by atoms with Crippen LogP contribution in [0.1, 0.15) is 5.56 Å². The summed E-state index contributed by atoms with van der Waals surface area (Å²) in [5.41, 5.74) is 0.596. The maximum absolute atomic E-state index is 8.76. The van der Waals surface area contributed by atoms with Crippen molar-refractivity contribution in [1.82, 2.24) is 0 Å². The van der Waals surface area contributed by atoms with Gasteiger partial charge in [0.2, 0.25) is 0 Å². The van der Waals surface area contributed by atoms with Crippen LogP contribution in [-0.2, 0) is 0 Å². The molecule has 0 saturated heterocycles. The first-order chi connectivity index (χ1) is 8.19. The third-order valence-electron chi connectivity index (χ3n) is 2.08. The van der Waals surface area contributed by atoms with Gasteiger partial charge in [-0.3, -0.25) is 0 Å². The lowest BCUT2D eigenvalue weighted by molar-refractivity contribution is 0.479. The van der Waals surface area contributed by atoms with Crippen LogP contribution in [0.15, 0.2) is 51.4 Å². The molecular formula is C13H7Br2NO. The van der Waals surface area contributed by atoms with Crippen molar-refractivity contribution in [2.24, 2.45) is 0 Å². The molecule has 0 aliphatic heterocycles. The van der Waals surface area contributed by atoms with Gasteiger partial charge in [0.05, 0.1) is 16.1 Å².